The number of carbonyl (C=O) groups is 1. The van der Waals surface area contributed by atoms with Crippen LogP contribution in [0.1, 0.15) is 63.1 Å². The zero-order valence-corrected chi connectivity index (χ0v) is 22.6. The Morgan fingerprint density at radius 3 is 2.51 bits per heavy atom. The van der Waals surface area contributed by atoms with Gasteiger partial charge in [-0.15, -0.1) is 5.10 Å². The molecule has 3 fully saturated rings. The molecule has 0 bridgehead atoms. The van der Waals surface area contributed by atoms with Gasteiger partial charge in [0.2, 0.25) is 0 Å². The Hall–Kier alpha value is -2.33. The minimum atomic E-state index is -0.639. The molecule has 1 saturated heterocycles. The van der Waals surface area contributed by atoms with E-state index in [2.05, 4.69) is 69.4 Å². The number of hydrogen-bond acceptors (Lipinski definition) is 8. The quantitative estimate of drug-likeness (QED) is 0.516. The molecule has 9 nitrogen and oxygen atoms in total. The summed E-state index contributed by atoms with van der Waals surface area (Å²) in [5.74, 6) is 0.349. The second kappa shape index (κ2) is 10.8. The molecule has 2 heterocycles. The summed E-state index contributed by atoms with van der Waals surface area (Å²) in [6.07, 6.45) is 9.15. The lowest BCUT2D eigenvalue weighted by molar-refractivity contribution is -0.144. The van der Waals surface area contributed by atoms with Gasteiger partial charge in [0.05, 0.1) is 18.5 Å². The highest BCUT2D eigenvalue weighted by atomic mass is 16.5. The molecule has 37 heavy (non-hydrogen) atoms. The fourth-order valence-corrected chi connectivity index (χ4v) is 6.72. The monoisotopic (exact) mass is 510 g/mol. The Morgan fingerprint density at radius 1 is 1.16 bits per heavy atom. The average molecular weight is 511 g/mol. The van der Waals surface area contributed by atoms with E-state index in [0.717, 1.165) is 44.5 Å². The van der Waals surface area contributed by atoms with E-state index in [1.807, 2.05) is 0 Å². The van der Waals surface area contributed by atoms with Crippen LogP contribution < -0.4 is 0 Å². The first kappa shape index (κ1) is 26.3. The molecule has 0 radical (unpaired) electrons. The van der Waals surface area contributed by atoms with Crippen LogP contribution in [0.4, 0.5) is 0 Å². The molecule has 1 spiro atoms. The summed E-state index contributed by atoms with van der Waals surface area (Å²) >= 11 is 0. The molecule has 1 atom stereocenters. The number of aromatic nitrogens is 3. The van der Waals surface area contributed by atoms with E-state index in [0.29, 0.717) is 19.1 Å². The highest BCUT2D eigenvalue weighted by molar-refractivity contribution is 5.68. The zero-order valence-electron chi connectivity index (χ0n) is 22.6. The standard InChI is InChI=1S/C28H42N6O3/c1-4-37-25(35)20-33-19-24(29-30-33)18-32-21-27(34(26(32)36)17-22-9-8-10-22)13-15-28(16-14-27,31(2)3)23-11-6-5-7-12-23/h5-7,11-12,19,22,26,36H,4,8-10,13-18,20-21H2,1-3H3/t26?,27-,28+. The first-order chi connectivity index (χ1) is 17.8. The summed E-state index contributed by atoms with van der Waals surface area (Å²) in [4.78, 5) is 18.8. The molecular formula is C28H42N6O3. The van der Waals surface area contributed by atoms with Gasteiger partial charge in [-0.1, -0.05) is 42.0 Å². The molecule has 0 amide bonds. The van der Waals surface area contributed by atoms with E-state index in [9.17, 15) is 9.90 Å². The summed E-state index contributed by atoms with van der Waals surface area (Å²) in [6, 6.07) is 10.9. The van der Waals surface area contributed by atoms with Gasteiger partial charge >= 0.3 is 5.97 Å². The van der Waals surface area contributed by atoms with Gasteiger partial charge < -0.3 is 9.84 Å². The van der Waals surface area contributed by atoms with E-state index in [1.165, 1.54) is 29.5 Å². The van der Waals surface area contributed by atoms with Crippen LogP contribution in [-0.4, -0.2) is 86.5 Å². The van der Waals surface area contributed by atoms with Crippen LogP contribution in [-0.2, 0) is 28.2 Å². The van der Waals surface area contributed by atoms with Gasteiger partial charge in [0.25, 0.3) is 0 Å². The molecule has 1 aliphatic heterocycles. The zero-order chi connectivity index (χ0) is 26.0. The summed E-state index contributed by atoms with van der Waals surface area (Å²) in [5.41, 5.74) is 2.10. The second-order valence-electron chi connectivity index (χ2n) is 11.4. The lowest BCUT2D eigenvalue weighted by Crippen LogP contribution is -2.57. The van der Waals surface area contributed by atoms with Crippen LogP contribution in [0, 0.1) is 5.92 Å². The lowest BCUT2D eigenvalue weighted by Gasteiger charge is -2.52. The van der Waals surface area contributed by atoms with Crippen molar-refractivity contribution in [2.24, 2.45) is 5.92 Å². The maximum atomic E-state index is 11.8. The first-order valence-electron chi connectivity index (χ1n) is 13.8. The van der Waals surface area contributed by atoms with E-state index >= 15 is 0 Å². The number of aliphatic hydroxyl groups is 1. The van der Waals surface area contributed by atoms with Gasteiger partial charge in [-0.2, -0.15) is 0 Å². The van der Waals surface area contributed by atoms with E-state index in [4.69, 9.17) is 4.74 Å². The molecular weight excluding hydrogens is 468 g/mol. The number of nitrogens with zero attached hydrogens (tertiary/aromatic N) is 6. The molecule has 3 aliphatic rings. The van der Waals surface area contributed by atoms with Crippen LogP contribution in [0.15, 0.2) is 36.5 Å². The average Bonchev–Trinajstić information content (AvgIpc) is 3.39. The van der Waals surface area contributed by atoms with Crippen molar-refractivity contribution in [2.45, 2.75) is 82.4 Å². The maximum Gasteiger partial charge on any atom is 0.327 e. The minimum absolute atomic E-state index is 0.0167. The van der Waals surface area contributed by atoms with Crippen molar-refractivity contribution in [1.29, 1.82) is 0 Å². The van der Waals surface area contributed by atoms with Crippen molar-refractivity contribution >= 4 is 5.97 Å². The predicted molar refractivity (Wildman–Crippen MR) is 140 cm³/mol. The third-order valence-electron chi connectivity index (χ3n) is 9.11. The number of carbonyl (C=O) groups excluding carboxylic acids is 1. The molecule has 2 saturated carbocycles. The van der Waals surface area contributed by atoms with E-state index in [-0.39, 0.29) is 23.6 Å². The third-order valence-corrected chi connectivity index (χ3v) is 9.11. The van der Waals surface area contributed by atoms with Crippen molar-refractivity contribution in [3.8, 4) is 0 Å². The number of hydrogen-bond donors (Lipinski definition) is 1. The predicted octanol–water partition coefficient (Wildman–Crippen LogP) is 2.80. The summed E-state index contributed by atoms with van der Waals surface area (Å²) in [6.45, 7) is 4.45. The number of aliphatic hydroxyl groups excluding tert-OH is 1. The number of ether oxygens (including phenoxy) is 1. The Kier molecular flexibility index (Phi) is 7.68. The molecule has 1 aromatic heterocycles. The van der Waals surface area contributed by atoms with Gasteiger partial charge in [0.1, 0.15) is 6.54 Å². The van der Waals surface area contributed by atoms with E-state index in [1.54, 1.807) is 13.1 Å². The first-order valence-corrected chi connectivity index (χ1v) is 13.8. The smallest absolute Gasteiger partial charge is 0.327 e. The maximum absolute atomic E-state index is 11.8. The number of rotatable bonds is 9. The lowest BCUT2D eigenvalue weighted by atomic mass is 9.68. The van der Waals surface area contributed by atoms with Gasteiger partial charge in [-0.05, 0) is 71.0 Å². The number of esters is 1. The summed E-state index contributed by atoms with van der Waals surface area (Å²) in [7, 11) is 4.40. The van der Waals surface area contributed by atoms with Crippen molar-refractivity contribution < 1.29 is 14.6 Å². The summed E-state index contributed by atoms with van der Waals surface area (Å²) < 4.78 is 6.54. The van der Waals surface area contributed by atoms with E-state index < -0.39 is 6.35 Å². The topological polar surface area (TPSA) is 87.0 Å². The van der Waals surface area contributed by atoms with Crippen molar-refractivity contribution in [2.75, 3.05) is 33.8 Å². The molecule has 5 rings (SSSR count). The minimum Gasteiger partial charge on any atom is -0.465 e. The normalized spacial score (nSPS) is 29.2. The SMILES string of the molecule is CCOC(=O)Cn1cc(CN2C[C@]3(CC[C@](c4ccccc4)(N(C)C)CC3)N(CC3CCC3)C2O)nn1. The number of benzene rings is 1. The van der Waals surface area contributed by atoms with Gasteiger partial charge in [0, 0.05) is 30.7 Å². The Morgan fingerprint density at radius 2 is 1.89 bits per heavy atom. The van der Waals surface area contributed by atoms with Crippen LogP contribution in [0.25, 0.3) is 0 Å². The van der Waals surface area contributed by atoms with Crippen LogP contribution >= 0.6 is 0 Å². The van der Waals surface area contributed by atoms with Gasteiger partial charge in [-0.3, -0.25) is 19.5 Å². The molecule has 1 aromatic carbocycles. The van der Waals surface area contributed by atoms with Gasteiger partial charge in [-0.25, -0.2) is 4.68 Å². The summed E-state index contributed by atoms with van der Waals surface area (Å²) in [5, 5.41) is 20.0. The highest BCUT2D eigenvalue weighted by Gasteiger charge is 2.55. The Bertz CT molecular complexity index is 1050. The largest absolute Gasteiger partial charge is 0.465 e. The van der Waals surface area contributed by atoms with Crippen molar-refractivity contribution in [1.82, 2.24) is 29.7 Å². The molecule has 1 unspecified atom stereocenters. The third kappa shape index (κ3) is 5.19. The molecule has 9 heteroatoms. The molecule has 2 aliphatic carbocycles. The van der Waals surface area contributed by atoms with Crippen molar-refractivity contribution in [3.63, 3.8) is 0 Å². The molecule has 202 valence electrons. The molecule has 2 aromatic rings. The second-order valence-corrected chi connectivity index (χ2v) is 11.4. The van der Waals surface area contributed by atoms with Gasteiger partial charge in [0.15, 0.2) is 6.35 Å². The van der Waals surface area contributed by atoms with Crippen LogP contribution in [0.3, 0.4) is 0 Å². The Balaban J connectivity index is 1.33. The fraction of sp³-hybridized carbons (Fsp3) is 0.679. The molecule has 1 N–H and O–H groups in total. The van der Waals surface area contributed by atoms with Crippen molar-refractivity contribution in [3.05, 3.63) is 47.8 Å². The van der Waals surface area contributed by atoms with Crippen LogP contribution in [0.2, 0.25) is 0 Å². The fourth-order valence-electron chi connectivity index (χ4n) is 6.72. The van der Waals surface area contributed by atoms with Crippen LogP contribution in [0.5, 0.6) is 0 Å². The Labute approximate surface area is 220 Å². The highest BCUT2D eigenvalue weighted by Crippen LogP contribution is 2.50.